The molecule has 0 bridgehead atoms. The lowest BCUT2D eigenvalue weighted by Crippen LogP contribution is -2.35. The Kier molecular flexibility index (Phi) is 2.44. The molecule has 1 aromatic rings. The normalized spacial score (nSPS) is 9.44. The van der Waals surface area contributed by atoms with E-state index in [1.165, 1.54) is 5.19 Å². The summed E-state index contributed by atoms with van der Waals surface area (Å²) in [7, 11) is 0.515. The molecule has 1 rings (SSSR count). The highest BCUT2D eigenvalue weighted by atomic mass is 28.2. The van der Waals surface area contributed by atoms with Crippen LogP contribution in [0.5, 0.6) is 0 Å². The predicted molar refractivity (Wildman–Crippen MR) is 39.2 cm³/mol. The van der Waals surface area contributed by atoms with Crippen LogP contribution < -0.4 is 16.1 Å². The van der Waals surface area contributed by atoms with Crippen LogP contribution in [0, 0.1) is 0 Å². The first-order valence-electron chi connectivity index (χ1n) is 2.70. The summed E-state index contributed by atoms with van der Waals surface area (Å²) in [5.41, 5.74) is 0. The zero-order valence-electron chi connectivity index (χ0n) is 4.96. The monoisotopic (exact) mass is 136 g/mol. The zero-order chi connectivity index (χ0) is 6.53. The van der Waals surface area contributed by atoms with Crippen LogP contribution in [-0.4, -0.2) is 9.68 Å². The Labute approximate surface area is 56.9 Å². The average Bonchev–Trinajstić information content (AvgIpc) is 1.91. The van der Waals surface area contributed by atoms with E-state index in [1.54, 1.807) is 0 Å². The van der Waals surface area contributed by atoms with Crippen molar-refractivity contribution in [2.45, 2.75) is 0 Å². The summed E-state index contributed by atoms with van der Waals surface area (Å²) in [5.74, 6) is 5.12. The molecule has 0 atom stereocenters. The minimum absolute atomic E-state index is 0.515. The van der Waals surface area contributed by atoms with Gasteiger partial charge in [-0.25, -0.2) is 0 Å². The highest BCUT2D eigenvalue weighted by molar-refractivity contribution is 6.50. The number of hydrazine groups is 1. The van der Waals surface area contributed by atoms with Gasteiger partial charge >= 0.3 is 0 Å². The molecule has 0 saturated heterocycles. The van der Waals surface area contributed by atoms with Gasteiger partial charge in [0.15, 0.2) is 9.68 Å². The lowest BCUT2D eigenvalue weighted by Gasteiger charge is -1.93. The van der Waals surface area contributed by atoms with E-state index < -0.39 is 0 Å². The summed E-state index contributed by atoms with van der Waals surface area (Å²) in [5, 5.41) is 3.85. The van der Waals surface area contributed by atoms with Crippen LogP contribution in [0.3, 0.4) is 0 Å². The van der Waals surface area contributed by atoms with Gasteiger partial charge in [-0.2, -0.15) is 0 Å². The van der Waals surface area contributed by atoms with E-state index in [-0.39, 0.29) is 0 Å². The molecule has 0 aromatic heterocycles. The number of nitrogens with two attached hydrogens (primary N) is 1. The first-order valence-corrected chi connectivity index (χ1v) is 3.70. The summed E-state index contributed by atoms with van der Waals surface area (Å²) in [4.78, 5) is 0. The van der Waals surface area contributed by atoms with Crippen LogP contribution >= 0.6 is 0 Å². The van der Waals surface area contributed by atoms with Gasteiger partial charge in [0.1, 0.15) is 0 Å². The molecule has 0 aliphatic heterocycles. The molecule has 0 aliphatic rings. The Morgan fingerprint density at radius 1 is 1.22 bits per heavy atom. The van der Waals surface area contributed by atoms with Crippen LogP contribution in [0.15, 0.2) is 30.3 Å². The molecule has 0 spiro atoms. The highest BCUT2D eigenvalue weighted by Gasteiger charge is 1.86. The van der Waals surface area contributed by atoms with Gasteiger partial charge in [0.05, 0.1) is 0 Å². The molecule has 3 heteroatoms. The third-order valence-electron chi connectivity index (χ3n) is 0.990. The lowest BCUT2D eigenvalue weighted by molar-refractivity contribution is 1.09. The average molecular weight is 136 g/mol. The van der Waals surface area contributed by atoms with Crippen LogP contribution in [0.4, 0.5) is 0 Å². The Balaban J connectivity index is 2.61. The Hall–Kier alpha value is -0.643. The Morgan fingerprint density at radius 3 is 2.44 bits per heavy atom. The van der Waals surface area contributed by atoms with Crippen molar-refractivity contribution in [1.82, 2.24) is 5.09 Å². The molecule has 46 valence electrons. The van der Waals surface area contributed by atoms with Gasteiger partial charge < -0.3 is 0 Å². The summed E-state index contributed by atoms with van der Waals surface area (Å²) in [6, 6.07) is 10.1. The lowest BCUT2D eigenvalue weighted by atomic mass is 10.4. The molecule has 0 saturated carbocycles. The number of benzene rings is 1. The topological polar surface area (TPSA) is 38.0 Å². The van der Waals surface area contributed by atoms with E-state index >= 15 is 0 Å². The van der Waals surface area contributed by atoms with E-state index in [1.807, 2.05) is 30.3 Å². The van der Waals surface area contributed by atoms with Crippen molar-refractivity contribution in [3.05, 3.63) is 30.3 Å². The Morgan fingerprint density at radius 2 is 1.89 bits per heavy atom. The van der Waals surface area contributed by atoms with E-state index in [0.717, 1.165) is 0 Å². The fraction of sp³-hybridized carbons (Fsp3) is 0. The van der Waals surface area contributed by atoms with Crippen LogP contribution in [0.25, 0.3) is 0 Å². The predicted octanol–water partition coefficient (Wildman–Crippen LogP) is -0.606. The largest absolute Gasteiger partial charge is 0.278 e. The van der Waals surface area contributed by atoms with Crippen molar-refractivity contribution >= 4 is 14.9 Å². The summed E-state index contributed by atoms with van der Waals surface area (Å²) in [6.45, 7) is 0. The molecule has 0 fully saturated rings. The smallest absolute Gasteiger partial charge is 0.196 e. The second-order valence-electron chi connectivity index (χ2n) is 1.64. The molecule has 0 heterocycles. The zero-order valence-corrected chi connectivity index (χ0v) is 5.96. The second kappa shape index (κ2) is 3.40. The minimum Gasteiger partial charge on any atom is -0.278 e. The van der Waals surface area contributed by atoms with Gasteiger partial charge in [0.25, 0.3) is 0 Å². The number of nitrogens with one attached hydrogen (secondary N) is 1. The van der Waals surface area contributed by atoms with Gasteiger partial charge in [0.2, 0.25) is 0 Å². The maximum absolute atomic E-state index is 5.12. The van der Waals surface area contributed by atoms with Gasteiger partial charge in [-0.3, -0.25) is 10.9 Å². The first kappa shape index (κ1) is 6.48. The standard InChI is InChI=1S/C6H8N2Si/c7-8-9-6-4-2-1-3-5-6/h1-5,8H,7H2. The van der Waals surface area contributed by atoms with Gasteiger partial charge in [-0.15, -0.1) is 0 Å². The van der Waals surface area contributed by atoms with Crippen molar-refractivity contribution in [2.24, 2.45) is 5.84 Å². The molecular formula is C6H8N2Si. The second-order valence-corrected chi connectivity index (χ2v) is 2.75. The van der Waals surface area contributed by atoms with Gasteiger partial charge in [0, 0.05) is 0 Å². The third-order valence-corrected chi connectivity index (χ3v) is 1.76. The molecule has 9 heavy (non-hydrogen) atoms. The van der Waals surface area contributed by atoms with Crippen LogP contribution in [0.1, 0.15) is 0 Å². The van der Waals surface area contributed by atoms with E-state index in [4.69, 9.17) is 5.84 Å². The number of hydrogen-bond acceptors (Lipinski definition) is 2. The van der Waals surface area contributed by atoms with Crippen LogP contribution in [-0.2, 0) is 0 Å². The summed E-state index contributed by atoms with van der Waals surface area (Å²) in [6.07, 6.45) is 0. The summed E-state index contributed by atoms with van der Waals surface area (Å²) >= 11 is 0. The van der Waals surface area contributed by atoms with E-state index in [0.29, 0.717) is 9.68 Å². The van der Waals surface area contributed by atoms with Crippen molar-refractivity contribution in [2.75, 3.05) is 0 Å². The quantitative estimate of drug-likeness (QED) is 0.323. The Bertz CT molecular complexity index is 164. The molecule has 2 nitrogen and oxygen atoms in total. The first-order chi connectivity index (χ1) is 4.43. The number of hydrogen-bond donors (Lipinski definition) is 2. The molecule has 3 N–H and O–H groups in total. The molecule has 1 aromatic carbocycles. The molecule has 0 aliphatic carbocycles. The molecular weight excluding hydrogens is 128 g/mol. The SMILES string of the molecule is NN[Si]c1ccccc1. The maximum atomic E-state index is 5.12. The van der Waals surface area contributed by atoms with Crippen molar-refractivity contribution in [3.8, 4) is 0 Å². The fourth-order valence-corrected chi connectivity index (χ4v) is 1.13. The van der Waals surface area contributed by atoms with Crippen LogP contribution in [0.2, 0.25) is 0 Å². The van der Waals surface area contributed by atoms with Crippen molar-refractivity contribution in [3.63, 3.8) is 0 Å². The van der Waals surface area contributed by atoms with Crippen molar-refractivity contribution < 1.29 is 0 Å². The molecule has 0 amide bonds. The maximum Gasteiger partial charge on any atom is 0.196 e. The minimum atomic E-state index is 0.515. The van der Waals surface area contributed by atoms with E-state index in [9.17, 15) is 0 Å². The van der Waals surface area contributed by atoms with Gasteiger partial charge in [-0.05, 0) is 5.19 Å². The third kappa shape index (κ3) is 1.97. The molecule has 2 radical (unpaired) electrons. The van der Waals surface area contributed by atoms with Crippen molar-refractivity contribution in [1.29, 1.82) is 0 Å². The van der Waals surface area contributed by atoms with E-state index in [2.05, 4.69) is 5.09 Å². The summed E-state index contributed by atoms with van der Waals surface area (Å²) < 4.78 is 0. The van der Waals surface area contributed by atoms with Gasteiger partial charge in [-0.1, -0.05) is 30.3 Å². The molecule has 0 unspecified atom stereocenters. The fourth-order valence-electron chi connectivity index (χ4n) is 0.605. The highest BCUT2D eigenvalue weighted by Crippen LogP contribution is 1.78. The number of rotatable bonds is 2.